The minimum atomic E-state index is -0.855. The first kappa shape index (κ1) is 16.0. The lowest BCUT2D eigenvalue weighted by Gasteiger charge is -2.10. The molecule has 0 unspecified atom stereocenters. The van der Waals surface area contributed by atoms with Gasteiger partial charge in [-0.2, -0.15) is 0 Å². The first-order chi connectivity index (χ1) is 10.0. The summed E-state index contributed by atoms with van der Waals surface area (Å²) in [5, 5.41) is 17.9. The second kappa shape index (κ2) is 7.09. The van der Waals surface area contributed by atoms with E-state index in [-0.39, 0.29) is 5.75 Å². The minimum absolute atomic E-state index is 0.0146. The normalized spacial score (nSPS) is 10.8. The van der Waals surface area contributed by atoms with Crippen molar-refractivity contribution >= 4 is 33.7 Å². The molecule has 0 amide bonds. The van der Waals surface area contributed by atoms with Gasteiger partial charge in [-0.15, -0.1) is 10.2 Å². The first-order valence-corrected chi connectivity index (χ1v) is 8.35. The van der Waals surface area contributed by atoms with Crippen LogP contribution in [-0.2, 0) is 11.3 Å². The van der Waals surface area contributed by atoms with Crippen molar-refractivity contribution in [1.82, 2.24) is 14.8 Å². The van der Waals surface area contributed by atoms with Crippen LogP contribution in [0.15, 0.2) is 27.8 Å². The number of benzene rings is 1. The van der Waals surface area contributed by atoms with Gasteiger partial charge >= 0.3 is 5.97 Å². The molecule has 0 aliphatic heterocycles. The monoisotopic (exact) mass is 369 g/mol. The van der Waals surface area contributed by atoms with Crippen molar-refractivity contribution < 1.29 is 9.90 Å². The Labute approximate surface area is 135 Å². The number of nitrogens with zero attached hydrogens (tertiary/aromatic N) is 3. The molecule has 0 fully saturated rings. The maximum absolute atomic E-state index is 10.7. The Morgan fingerprint density at radius 2 is 2.19 bits per heavy atom. The lowest BCUT2D eigenvalue weighted by Crippen LogP contribution is -2.05. The zero-order valence-corrected chi connectivity index (χ0v) is 14.2. The van der Waals surface area contributed by atoms with Crippen molar-refractivity contribution in [3.8, 4) is 11.4 Å². The number of carboxylic acids is 1. The van der Waals surface area contributed by atoms with Gasteiger partial charge in [-0.1, -0.05) is 40.7 Å². The number of aromatic nitrogens is 3. The summed E-state index contributed by atoms with van der Waals surface area (Å²) in [4.78, 5) is 10.7. The van der Waals surface area contributed by atoms with Crippen LogP contribution in [0.2, 0.25) is 0 Å². The SMILES string of the molecule is CCCn1c(SCC(=O)O)nnc1-c1cc(Br)ccc1C. The molecular weight excluding hydrogens is 354 g/mol. The summed E-state index contributed by atoms with van der Waals surface area (Å²) in [6.07, 6.45) is 0.929. The Hall–Kier alpha value is -1.34. The molecular formula is C14H16BrN3O2S. The zero-order valence-electron chi connectivity index (χ0n) is 11.8. The summed E-state index contributed by atoms with van der Waals surface area (Å²) < 4.78 is 2.97. The molecule has 0 saturated carbocycles. The lowest BCUT2D eigenvalue weighted by molar-refractivity contribution is -0.133. The molecule has 0 radical (unpaired) electrons. The molecule has 21 heavy (non-hydrogen) atoms. The number of thioether (sulfide) groups is 1. The number of rotatable bonds is 6. The van der Waals surface area contributed by atoms with Crippen LogP contribution in [0.1, 0.15) is 18.9 Å². The average Bonchev–Trinajstić information content (AvgIpc) is 2.82. The molecule has 0 atom stereocenters. The van der Waals surface area contributed by atoms with E-state index in [0.29, 0.717) is 5.16 Å². The highest BCUT2D eigenvalue weighted by atomic mass is 79.9. The van der Waals surface area contributed by atoms with Crippen LogP contribution < -0.4 is 0 Å². The van der Waals surface area contributed by atoms with Crippen LogP contribution in [0.5, 0.6) is 0 Å². The molecule has 7 heteroatoms. The molecule has 2 rings (SSSR count). The molecule has 1 heterocycles. The number of aliphatic carboxylic acids is 1. The summed E-state index contributed by atoms with van der Waals surface area (Å²) in [6.45, 7) is 4.86. The molecule has 0 aliphatic rings. The molecule has 112 valence electrons. The second-order valence-electron chi connectivity index (χ2n) is 4.60. The molecule has 2 aromatic rings. The van der Waals surface area contributed by atoms with Crippen LogP contribution in [0.3, 0.4) is 0 Å². The smallest absolute Gasteiger partial charge is 0.313 e. The van der Waals surface area contributed by atoms with E-state index in [0.717, 1.165) is 34.4 Å². The molecule has 0 aliphatic carbocycles. The Balaban J connectivity index is 2.43. The maximum Gasteiger partial charge on any atom is 0.313 e. The Morgan fingerprint density at radius 3 is 2.86 bits per heavy atom. The van der Waals surface area contributed by atoms with Crippen LogP contribution in [0.4, 0.5) is 0 Å². The fourth-order valence-electron chi connectivity index (χ4n) is 1.98. The van der Waals surface area contributed by atoms with Gasteiger partial charge in [-0.3, -0.25) is 4.79 Å². The van der Waals surface area contributed by atoms with E-state index in [2.05, 4.69) is 33.1 Å². The fourth-order valence-corrected chi connectivity index (χ4v) is 3.03. The van der Waals surface area contributed by atoms with Crippen molar-refractivity contribution in [2.24, 2.45) is 0 Å². The van der Waals surface area contributed by atoms with Gasteiger partial charge in [0.25, 0.3) is 0 Å². The average molecular weight is 370 g/mol. The summed E-state index contributed by atoms with van der Waals surface area (Å²) in [5.74, 6) is -0.0889. The first-order valence-electron chi connectivity index (χ1n) is 6.57. The predicted molar refractivity (Wildman–Crippen MR) is 86.5 cm³/mol. The predicted octanol–water partition coefficient (Wildman–Crippen LogP) is 3.60. The Morgan fingerprint density at radius 1 is 1.43 bits per heavy atom. The number of hydrogen-bond donors (Lipinski definition) is 1. The van der Waals surface area contributed by atoms with Crippen molar-refractivity contribution in [2.75, 3.05) is 5.75 Å². The molecule has 1 N–H and O–H groups in total. The summed E-state index contributed by atoms with van der Waals surface area (Å²) in [5.41, 5.74) is 2.12. The van der Waals surface area contributed by atoms with E-state index in [1.807, 2.05) is 29.7 Å². The Kier molecular flexibility index (Phi) is 5.41. The highest BCUT2D eigenvalue weighted by Gasteiger charge is 2.16. The number of halogens is 1. The van der Waals surface area contributed by atoms with Crippen LogP contribution in [0.25, 0.3) is 11.4 Å². The van der Waals surface area contributed by atoms with Crippen molar-refractivity contribution in [3.63, 3.8) is 0 Å². The van der Waals surface area contributed by atoms with Gasteiger partial charge < -0.3 is 9.67 Å². The highest BCUT2D eigenvalue weighted by molar-refractivity contribution is 9.10. The van der Waals surface area contributed by atoms with Gasteiger partial charge in [-0.25, -0.2) is 0 Å². The van der Waals surface area contributed by atoms with Crippen LogP contribution in [-0.4, -0.2) is 31.6 Å². The van der Waals surface area contributed by atoms with Crippen LogP contribution >= 0.6 is 27.7 Å². The molecule has 0 saturated heterocycles. The molecule has 5 nitrogen and oxygen atoms in total. The number of carboxylic acid groups (broad SMARTS) is 1. The zero-order chi connectivity index (χ0) is 15.4. The molecule has 0 spiro atoms. The van der Waals surface area contributed by atoms with E-state index >= 15 is 0 Å². The third-order valence-corrected chi connectivity index (χ3v) is 4.37. The number of aryl methyl sites for hydroxylation is 1. The van der Waals surface area contributed by atoms with Crippen molar-refractivity contribution in [3.05, 3.63) is 28.2 Å². The highest BCUT2D eigenvalue weighted by Crippen LogP contribution is 2.28. The van der Waals surface area contributed by atoms with Gasteiger partial charge in [0.1, 0.15) is 0 Å². The quantitative estimate of drug-likeness (QED) is 0.787. The van der Waals surface area contributed by atoms with Crippen LogP contribution in [0, 0.1) is 6.92 Å². The van der Waals surface area contributed by atoms with Crippen molar-refractivity contribution in [1.29, 1.82) is 0 Å². The van der Waals surface area contributed by atoms with Gasteiger partial charge in [-0.05, 0) is 31.0 Å². The standard InChI is InChI=1S/C14H16BrN3O2S/c1-3-6-18-13(11-7-10(15)5-4-9(11)2)16-17-14(18)21-8-12(19)20/h4-5,7H,3,6,8H2,1-2H3,(H,19,20). The Bertz CT molecular complexity index is 658. The number of hydrogen-bond acceptors (Lipinski definition) is 4. The van der Waals surface area contributed by atoms with E-state index < -0.39 is 5.97 Å². The minimum Gasteiger partial charge on any atom is -0.481 e. The summed E-state index contributed by atoms with van der Waals surface area (Å²) >= 11 is 4.67. The molecule has 1 aromatic carbocycles. The maximum atomic E-state index is 10.7. The molecule has 1 aromatic heterocycles. The largest absolute Gasteiger partial charge is 0.481 e. The van der Waals surface area contributed by atoms with Crippen molar-refractivity contribution in [2.45, 2.75) is 32.0 Å². The summed E-state index contributed by atoms with van der Waals surface area (Å²) in [6, 6.07) is 6.02. The van der Waals surface area contributed by atoms with Gasteiger partial charge in [0, 0.05) is 16.6 Å². The van der Waals surface area contributed by atoms with E-state index in [9.17, 15) is 4.79 Å². The van der Waals surface area contributed by atoms with E-state index in [1.54, 1.807) is 0 Å². The molecule has 0 bridgehead atoms. The second-order valence-corrected chi connectivity index (χ2v) is 6.46. The fraction of sp³-hybridized carbons (Fsp3) is 0.357. The number of carbonyl (C=O) groups is 1. The van der Waals surface area contributed by atoms with Gasteiger partial charge in [0.05, 0.1) is 5.75 Å². The summed E-state index contributed by atoms with van der Waals surface area (Å²) in [7, 11) is 0. The van der Waals surface area contributed by atoms with Gasteiger partial charge in [0.15, 0.2) is 11.0 Å². The van der Waals surface area contributed by atoms with Gasteiger partial charge in [0.2, 0.25) is 0 Å². The third-order valence-electron chi connectivity index (χ3n) is 2.93. The van der Waals surface area contributed by atoms with E-state index in [4.69, 9.17) is 5.11 Å². The topological polar surface area (TPSA) is 68.0 Å². The lowest BCUT2D eigenvalue weighted by atomic mass is 10.1. The van der Waals surface area contributed by atoms with E-state index in [1.165, 1.54) is 11.8 Å². The third kappa shape index (κ3) is 3.85.